The molecule has 1 aliphatic rings. The van der Waals surface area contributed by atoms with E-state index in [-0.39, 0.29) is 5.92 Å². The molecule has 2 unspecified atom stereocenters. The van der Waals surface area contributed by atoms with Crippen molar-refractivity contribution < 1.29 is 9.90 Å². The molecule has 2 N–H and O–H groups in total. The Labute approximate surface area is 153 Å². The van der Waals surface area contributed by atoms with Gasteiger partial charge in [0.2, 0.25) is 0 Å². The van der Waals surface area contributed by atoms with E-state index in [2.05, 4.69) is 36.5 Å². The molecule has 3 nitrogen and oxygen atoms in total. The number of carbonyl (C=O) groups is 1. The lowest BCUT2D eigenvalue weighted by Crippen LogP contribution is -2.26. The number of hydrogen-bond acceptors (Lipinski definition) is 2. The smallest absolute Gasteiger partial charge is 0.306 e. The zero-order valence-corrected chi connectivity index (χ0v) is 15.8. The van der Waals surface area contributed by atoms with Crippen LogP contribution in [0.5, 0.6) is 0 Å². The van der Waals surface area contributed by atoms with Crippen LogP contribution in [0, 0.1) is 5.92 Å². The van der Waals surface area contributed by atoms with E-state index in [1.165, 1.54) is 62.5 Å². The molecule has 2 rings (SSSR count). The Balaban J connectivity index is 1.59. The summed E-state index contributed by atoms with van der Waals surface area (Å²) in [6.45, 7) is 3.11. The highest BCUT2D eigenvalue weighted by atomic mass is 16.4. The van der Waals surface area contributed by atoms with Crippen LogP contribution in [0.15, 0.2) is 24.3 Å². The summed E-state index contributed by atoms with van der Waals surface area (Å²) in [5.74, 6) is -0.791. The predicted octanol–water partition coefficient (Wildman–Crippen LogP) is 5.32. The number of hydrogen-bond donors (Lipinski definition) is 2. The molecule has 0 radical (unpaired) electrons. The van der Waals surface area contributed by atoms with Crippen molar-refractivity contribution in [3.05, 3.63) is 35.4 Å². The van der Waals surface area contributed by atoms with E-state index in [0.717, 1.165) is 25.8 Å². The Morgan fingerprint density at radius 1 is 1.00 bits per heavy atom. The summed E-state index contributed by atoms with van der Waals surface area (Å²) in [6.07, 6.45) is 13.3. The molecule has 0 amide bonds. The highest BCUT2D eigenvalue weighted by Gasteiger charge is 2.29. The Morgan fingerprint density at radius 3 is 2.28 bits per heavy atom. The second kappa shape index (κ2) is 11.3. The first-order valence-corrected chi connectivity index (χ1v) is 10.2. The molecule has 2 atom stereocenters. The zero-order chi connectivity index (χ0) is 17.9. The molecule has 140 valence electrons. The van der Waals surface area contributed by atoms with Gasteiger partial charge in [-0.25, -0.2) is 0 Å². The van der Waals surface area contributed by atoms with Crippen molar-refractivity contribution in [3.63, 3.8) is 0 Å². The van der Waals surface area contributed by atoms with Gasteiger partial charge in [-0.15, -0.1) is 0 Å². The molecule has 3 heteroatoms. The number of carboxylic acids is 1. The Kier molecular flexibility index (Phi) is 9.03. The molecule has 0 aliphatic heterocycles. The van der Waals surface area contributed by atoms with Crippen LogP contribution in [-0.2, 0) is 17.8 Å². The maximum Gasteiger partial charge on any atom is 0.306 e. The number of aryl methyl sites for hydroxylation is 1. The van der Waals surface area contributed by atoms with Gasteiger partial charge in [0, 0.05) is 12.6 Å². The second-order valence-corrected chi connectivity index (χ2v) is 7.61. The summed E-state index contributed by atoms with van der Waals surface area (Å²) in [5.41, 5.74) is 2.73. The van der Waals surface area contributed by atoms with Crippen molar-refractivity contribution in [2.24, 2.45) is 5.92 Å². The molecule has 1 aromatic rings. The van der Waals surface area contributed by atoms with Gasteiger partial charge in [0.25, 0.3) is 0 Å². The van der Waals surface area contributed by atoms with Crippen molar-refractivity contribution in [2.75, 3.05) is 0 Å². The molecular formula is C22H35NO2. The molecule has 1 saturated carbocycles. The van der Waals surface area contributed by atoms with Gasteiger partial charge in [-0.3, -0.25) is 4.79 Å². The number of unbranched alkanes of at least 4 members (excludes halogenated alkanes) is 6. The lowest BCUT2D eigenvalue weighted by molar-refractivity contribution is -0.141. The van der Waals surface area contributed by atoms with E-state index in [9.17, 15) is 4.79 Å². The minimum Gasteiger partial charge on any atom is -0.481 e. The SMILES string of the molecule is CCCCCCCCCc1ccc(CNC2CCC(C(=O)O)C2)cc1. The van der Waals surface area contributed by atoms with Crippen LogP contribution in [0.3, 0.4) is 0 Å². The quantitative estimate of drug-likeness (QED) is 0.504. The summed E-state index contributed by atoms with van der Waals surface area (Å²) in [5, 5.41) is 12.6. The molecule has 0 bridgehead atoms. The van der Waals surface area contributed by atoms with E-state index in [1.54, 1.807) is 0 Å². The number of carboxylic acid groups (broad SMARTS) is 1. The van der Waals surface area contributed by atoms with E-state index >= 15 is 0 Å². The number of aliphatic carboxylic acids is 1. The maximum absolute atomic E-state index is 11.0. The third-order valence-electron chi connectivity index (χ3n) is 5.47. The van der Waals surface area contributed by atoms with Crippen LogP contribution >= 0.6 is 0 Å². The van der Waals surface area contributed by atoms with Crippen molar-refractivity contribution in [3.8, 4) is 0 Å². The minimum atomic E-state index is -0.640. The second-order valence-electron chi connectivity index (χ2n) is 7.61. The number of benzene rings is 1. The van der Waals surface area contributed by atoms with Crippen molar-refractivity contribution in [1.29, 1.82) is 0 Å². The number of rotatable bonds is 12. The first-order valence-electron chi connectivity index (χ1n) is 10.2. The first kappa shape index (κ1) is 20.0. The Bertz CT molecular complexity index is 497. The summed E-state index contributed by atoms with van der Waals surface area (Å²) < 4.78 is 0. The highest BCUT2D eigenvalue weighted by molar-refractivity contribution is 5.70. The summed E-state index contributed by atoms with van der Waals surface area (Å²) in [7, 11) is 0. The van der Waals surface area contributed by atoms with E-state index in [1.807, 2.05) is 0 Å². The molecule has 0 spiro atoms. The molecule has 0 saturated heterocycles. The average molecular weight is 346 g/mol. The predicted molar refractivity (Wildman–Crippen MR) is 104 cm³/mol. The fourth-order valence-electron chi connectivity index (χ4n) is 3.76. The van der Waals surface area contributed by atoms with Crippen molar-refractivity contribution in [1.82, 2.24) is 5.32 Å². The molecule has 1 aliphatic carbocycles. The van der Waals surface area contributed by atoms with Crippen molar-refractivity contribution >= 4 is 5.97 Å². The average Bonchev–Trinajstić information content (AvgIpc) is 3.09. The van der Waals surface area contributed by atoms with Crippen LogP contribution in [0.1, 0.15) is 82.3 Å². The van der Waals surface area contributed by atoms with Crippen LogP contribution in [0.2, 0.25) is 0 Å². The summed E-state index contributed by atoms with van der Waals surface area (Å²) in [6, 6.07) is 9.29. The van der Waals surface area contributed by atoms with Gasteiger partial charge in [0.15, 0.2) is 0 Å². The third-order valence-corrected chi connectivity index (χ3v) is 5.47. The first-order chi connectivity index (χ1) is 12.2. The van der Waals surface area contributed by atoms with Crippen LogP contribution < -0.4 is 5.32 Å². The normalized spacial score (nSPS) is 20.0. The van der Waals surface area contributed by atoms with E-state index < -0.39 is 5.97 Å². The van der Waals surface area contributed by atoms with Gasteiger partial charge in [0.1, 0.15) is 0 Å². The lowest BCUT2D eigenvalue weighted by Gasteiger charge is -2.12. The standard InChI is InChI=1S/C22H35NO2/c1-2-3-4-5-6-7-8-9-18-10-12-19(13-11-18)17-23-21-15-14-20(16-21)22(24)25/h10-13,20-21,23H,2-9,14-17H2,1H3,(H,24,25). The van der Waals surface area contributed by atoms with Crippen LogP contribution in [-0.4, -0.2) is 17.1 Å². The van der Waals surface area contributed by atoms with Gasteiger partial charge in [0.05, 0.1) is 5.92 Å². The molecule has 0 heterocycles. The van der Waals surface area contributed by atoms with Crippen molar-refractivity contribution in [2.45, 2.75) is 90.1 Å². The highest BCUT2D eigenvalue weighted by Crippen LogP contribution is 2.25. The largest absolute Gasteiger partial charge is 0.481 e. The molecular weight excluding hydrogens is 310 g/mol. The molecule has 0 aromatic heterocycles. The summed E-state index contributed by atoms with van der Waals surface area (Å²) >= 11 is 0. The van der Waals surface area contributed by atoms with Gasteiger partial charge in [-0.2, -0.15) is 0 Å². The van der Waals surface area contributed by atoms with Crippen LogP contribution in [0.4, 0.5) is 0 Å². The third kappa shape index (κ3) is 7.60. The van der Waals surface area contributed by atoms with Gasteiger partial charge in [-0.1, -0.05) is 69.7 Å². The minimum absolute atomic E-state index is 0.151. The summed E-state index contributed by atoms with van der Waals surface area (Å²) in [4.78, 5) is 11.0. The fraction of sp³-hybridized carbons (Fsp3) is 0.682. The van der Waals surface area contributed by atoms with Gasteiger partial charge in [-0.05, 0) is 43.2 Å². The Hall–Kier alpha value is -1.35. The van der Waals surface area contributed by atoms with E-state index in [0.29, 0.717) is 6.04 Å². The fourth-order valence-corrected chi connectivity index (χ4v) is 3.76. The van der Waals surface area contributed by atoms with Gasteiger partial charge >= 0.3 is 5.97 Å². The lowest BCUT2D eigenvalue weighted by atomic mass is 10.0. The van der Waals surface area contributed by atoms with Crippen LogP contribution in [0.25, 0.3) is 0 Å². The number of nitrogens with one attached hydrogen (secondary N) is 1. The Morgan fingerprint density at radius 2 is 1.64 bits per heavy atom. The monoisotopic (exact) mass is 345 g/mol. The molecule has 25 heavy (non-hydrogen) atoms. The topological polar surface area (TPSA) is 49.3 Å². The zero-order valence-electron chi connectivity index (χ0n) is 15.8. The van der Waals surface area contributed by atoms with E-state index in [4.69, 9.17) is 5.11 Å². The van der Waals surface area contributed by atoms with Gasteiger partial charge < -0.3 is 10.4 Å². The maximum atomic E-state index is 11.0. The molecule has 1 fully saturated rings. The molecule has 1 aromatic carbocycles.